The van der Waals surface area contributed by atoms with E-state index in [1.165, 1.54) is 24.8 Å². The summed E-state index contributed by atoms with van der Waals surface area (Å²) in [7, 11) is 0. The van der Waals surface area contributed by atoms with Crippen molar-refractivity contribution in [2.24, 2.45) is 0 Å². The fraction of sp³-hybridized carbons (Fsp3) is 0.571. The van der Waals surface area contributed by atoms with Crippen LogP contribution in [0.15, 0.2) is 18.2 Å². The van der Waals surface area contributed by atoms with Crippen molar-refractivity contribution in [2.75, 3.05) is 13.2 Å². The van der Waals surface area contributed by atoms with Gasteiger partial charge in [0.05, 0.1) is 13.2 Å². The van der Waals surface area contributed by atoms with Crippen molar-refractivity contribution in [3.05, 3.63) is 23.8 Å². The number of nitrogens with one attached hydrogen (secondary N) is 1. The third-order valence-electron chi connectivity index (χ3n) is 3.54. The molecule has 3 nitrogen and oxygen atoms in total. The summed E-state index contributed by atoms with van der Waals surface area (Å²) in [4.78, 5) is 0. The van der Waals surface area contributed by atoms with E-state index in [1.54, 1.807) is 0 Å². The first-order valence-electron chi connectivity index (χ1n) is 6.54. The van der Waals surface area contributed by atoms with Gasteiger partial charge in [0.1, 0.15) is 0 Å². The van der Waals surface area contributed by atoms with E-state index in [0.717, 1.165) is 37.7 Å². The molecule has 0 radical (unpaired) electrons. The van der Waals surface area contributed by atoms with Gasteiger partial charge in [0.25, 0.3) is 0 Å². The van der Waals surface area contributed by atoms with E-state index in [-0.39, 0.29) is 0 Å². The molecule has 1 aromatic carbocycles. The van der Waals surface area contributed by atoms with Gasteiger partial charge >= 0.3 is 0 Å². The Morgan fingerprint density at radius 1 is 1.12 bits per heavy atom. The van der Waals surface area contributed by atoms with Gasteiger partial charge in [-0.2, -0.15) is 0 Å². The van der Waals surface area contributed by atoms with Gasteiger partial charge < -0.3 is 14.8 Å². The van der Waals surface area contributed by atoms with Gasteiger partial charge in [-0.15, -0.1) is 0 Å². The minimum atomic E-state index is 0.706. The molecular formula is C14H19NO2. The second-order valence-corrected chi connectivity index (χ2v) is 4.80. The van der Waals surface area contributed by atoms with E-state index >= 15 is 0 Å². The Morgan fingerprint density at radius 2 is 2.00 bits per heavy atom. The number of hydrogen-bond donors (Lipinski definition) is 1. The number of ether oxygens (including phenoxy) is 2. The topological polar surface area (TPSA) is 30.5 Å². The normalized spacial score (nSPS) is 19.5. The zero-order valence-electron chi connectivity index (χ0n) is 10.1. The summed E-state index contributed by atoms with van der Waals surface area (Å²) < 4.78 is 11.5. The van der Waals surface area contributed by atoms with Crippen molar-refractivity contribution in [1.29, 1.82) is 0 Å². The lowest BCUT2D eigenvalue weighted by Crippen LogP contribution is -2.34. The number of hydrogen-bond acceptors (Lipinski definition) is 3. The second kappa shape index (κ2) is 4.96. The van der Waals surface area contributed by atoms with Crippen LogP contribution in [-0.2, 0) is 6.54 Å². The second-order valence-electron chi connectivity index (χ2n) is 4.80. The van der Waals surface area contributed by atoms with E-state index in [9.17, 15) is 0 Å². The third-order valence-corrected chi connectivity index (χ3v) is 3.54. The van der Waals surface area contributed by atoms with E-state index in [1.807, 2.05) is 12.1 Å². The molecule has 1 saturated carbocycles. The predicted octanol–water partition coefficient (Wildman–Crippen LogP) is 2.49. The summed E-state index contributed by atoms with van der Waals surface area (Å²) in [5, 5.41) is 3.57. The molecular weight excluding hydrogens is 214 g/mol. The van der Waals surface area contributed by atoms with Crippen molar-refractivity contribution in [1.82, 2.24) is 5.32 Å². The molecule has 1 fully saturated rings. The maximum Gasteiger partial charge on any atom is 0.165 e. The van der Waals surface area contributed by atoms with Gasteiger partial charge in [-0.3, -0.25) is 0 Å². The van der Waals surface area contributed by atoms with Crippen molar-refractivity contribution in [2.45, 2.75) is 38.3 Å². The summed E-state index contributed by atoms with van der Waals surface area (Å²) in [5.41, 5.74) is 1.22. The quantitative estimate of drug-likeness (QED) is 0.870. The molecule has 0 saturated heterocycles. The van der Waals surface area contributed by atoms with Crippen LogP contribution >= 0.6 is 0 Å². The lowest BCUT2D eigenvalue weighted by Gasteiger charge is -2.27. The molecule has 0 unspecified atom stereocenters. The zero-order chi connectivity index (χ0) is 11.5. The van der Waals surface area contributed by atoms with Crippen molar-refractivity contribution >= 4 is 0 Å². The molecule has 0 bridgehead atoms. The first-order chi connectivity index (χ1) is 8.43. The van der Waals surface area contributed by atoms with Crippen LogP contribution in [0.2, 0.25) is 0 Å². The molecule has 2 aliphatic rings. The minimum Gasteiger partial charge on any atom is -0.490 e. The molecule has 0 atom stereocenters. The van der Waals surface area contributed by atoms with Crippen LogP contribution in [0.5, 0.6) is 11.5 Å². The average molecular weight is 233 g/mol. The van der Waals surface area contributed by atoms with Gasteiger partial charge in [0.2, 0.25) is 0 Å². The molecule has 1 aliphatic heterocycles. The Bertz CT molecular complexity index is 388. The van der Waals surface area contributed by atoms with Crippen LogP contribution < -0.4 is 14.8 Å². The summed E-state index contributed by atoms with van der Waals surface area (Å²) in [6.07, 6.45) is 4.95. The fourth-order valence-corrected chi connectivity index (χ4v) is 2.26. The molecule has 1 N–H and O–H groups in total. The van der Waals surface area contributed by atoms with E-state index < -0.39 is 0 Å². The number of para-hydroxylation sites is 1. The molecule has 17 heavy (non-hydrogen) atoms. The fourth-order valence-electron chi connectivity index (χ4n) is 2.26. The lowest BCUT2D eigenvalue weighted by atomic mass is 9.93. The molecule has 92 valence electrons. The molecule has 3 rings (SSSR count). The maximum absolute atomic E-state index is 5.80. The van der Waals surface area contributed by atoms with Gasteiger partial charge in [-0.1, -0.05) is 18.6 Å². The monoisotopic (exact) mass is 233 g/mol. The molecule has 1 aromatic rings. The minimum absolute atomic E-state index is 0.706. The van der Waals surface area contributed by atoms with Crippen LogP contribution in [0, 0.1) is 0 Å². The van der Waals surface area contributed by atoms with Crippen LogP contribution in [0.25, 0.3) is 0 Å². The van der Waals surface area contributed by atoms with Crippen LogP contribution in [0.1, 0.15) is 31.2 Å². The van der Waals surface area contributed by atoms with Gasteiger partial charge in [0.15, 0.2) is 11.5 Å². The Hall–Kier alpha value is -1.22. The summed E-state index contributed by atoms with van der Waals surface area (Å²) in [5.74, 6) is 1.84. The third kappa shape index (κ3) is 2.39. The predicted molar refractivity (Wildman–Crippen MR) is 66.5 cm³/mol. The standard InChI is InChI=1S/C14H19NO2/c1-4-11(10-15-12-5-2-6-12)14-13(7-1)16-8-3-9-17-14/h1,4,7,12,15H,2-3,5-6,8-10H2. The van der Waals surface area contributed by atoms with E-state index in [2.05, 4.69) is 11.4 Å². The summed E-state index contributed by atoms with van der Waals surface area (Å²) in [6.45, 7) is 2.40. The average Bonchev–Trinajstić information content (AvgIpc) is 2.52. The maximum atomic E-state index is 5.80. The number of rotatable bonds is 3. The number of fused-ring (bicyclic) bond motifs is 1. The van der Waals surface area contributed by atoms with E-state index in [4.69, 9.17) is 9.47 Å². The Kier molecular flexibility index (Phi) is 3.18. The first-order valence-corrected chi connectivity index (χ1v) is 6.54. The highest BCUT2D eigenvalue weighted by atomic mass is 16.5. The smallest absolute Gasteiger partial charge is 0.165 e. The van der Waals surface area contributed by atoms with Crippen molar-refractivity contribution < 1.29 is 9.47 Å². The molecule has 1 aliphatic carbocycles. The van der Waals surface area contributed by atoms with E-state index in [0.29, 0.717) is 6.04 Å². The van der Waals surface area contributed by atoms with Crippen molar-refractivity contribution in [3.63, 3.8) is 0 Å². The van der Waals surface area contributed by atoms with Gasteiger partial charge in [0, 0.05) is 24.6 Å². The zero-order valence-corrected chi connectivity index (χ0v) is 10.1. The van der Waals surface area contributed by atoms with Gasteiger partial charge in [-0.05, 0) is 18.9 Å². The molecule has 1 heterocycles. The molecule has 3 heteroatoms. The number of benzene rings is 1. The Labute approximate surface area is 102 Å². The highest BCUT2D eigenvalue weighted by Crippen LogP contribution is 2.33. The summed E-state index contributed by atoms with van der Waals surface area (Å²) >= 11 is 0. The first kappa shape index (κ1) is 10.9. The highest BCUT2D eigenvalue weighted by Gasteiger charge is 2.18. The SMILES string of the molecule is c1cc(CNC2CCC2)c2c(c1)OCCCO2. The van der Waals surface area contributed by atoms with Gasteiger partial charge in [-0.25, -0.2) is 0 Å². The highest BCUT2D eigenvalue weighted by molar-refractivity contribution is 5.47. The Morgan fingerprint density at radius 3 is 2.82 bits per heavy atom. The molecule has 0 amide bonds. The van der Waals surface area contributed by atoms with Crippen LogP contribution in [0.4, 0.5) is 0 Å². The van der Waals surface area contributed by atoms with Crippen molar-refractivity contribution in [3.8, 4) is 11.5 Å². The molecule has 0 aromatic heterocycles. The molecule has 0 spiro atoms. The summed E-state index contributed by atoms with van der Waals surface area (Å²) in [6, 6.07) is 6.87. The van der Waals surface area contributed by atoms with Crippen LogP contribution in [-0.4, -0.2) is 19.3 Å². The van der Waals surface area contributed by atoms with Crippen LogP contribution in [0.3, 0.4) is 0 Å². The lowest BCUT2D eigenvalue weighted by molar-refractivity contribution is 0.294. The largest absolute Gasteiger partial charge is 0.490 e. The Balaban J connectivity index is 1.73.